The van der Waals surface area contributed by atoms with Gasteiger partial charge in [0.2, 0.25) is 5.91 Å². The lowest BCUT2D eigenvalue weighted by atomic mass is 10.1. The summed E-state index contributed by atoms with van der Waals surface area (Å²) in [7, 11) is 0. The number of hydrogen-bond acceptors (Lipinski definition) is 2. The van der Waals surface area contributed by atoms with E-state index in [0.717, 1.165) is 28.9 Å². The first-order valence-corrected chi connectivity index (χ1v) is 7.04. The Morgan fingerprint density at radius 3 is 2.09 bits per heavy atom. The average molecular weight is 322 g/mol. The summed E-state index contributed by atoms with van der Waals surface area (Å²) in [5.41, 5.74) is 2.39. The zero-order valence-corrected chi connectivity index (χ0v) is 12.8. The normalized spacial score (nSPS) is 11.2. The zero-order chi connectivity index (χ0) is 17.0. The van der Waals surface area contributed by atoms with Crippen molar-refractivity contribution < 1.29 is 18.0 Å². The highest BCUT2D eigenvalue weighted by Crippen LogP contribution is 2.29. The van der Waals surface area contributed by atoms with Crippen molar-refractivity contribution >= 4 is 17.3 Å². The number of carbonyl (C=O) groups is 1. The van der Waals surface area contributed by atoms with Crippen LogP contribution in [0.5, 0.6) is 0 Å². The molecular weight excluding hydrogens is 305 g/mol. The van der Waals surface area contributed by atoms with Crippen molar-refractivity contribution in [3.05, 3.63) is 59.2 Å². The first kappa shape index (κ1) is 16.9. The molecule has 0 heterocycles. The van der Waals surface area contributed by atoms with Crippen molar-refractivity contribution in [2.24, 2.45) is 0 Å². The number of alkyl halides is 3. The fraction of sp³-hybridized carbons (Fsp3) is 0.235. The van der Waals surface area contributed by atoms with Crippen molar-refractivity contribution in [3.8, 4) is 0 Å². The third-order valence-corrected chi connectivity index (χ3v) is 3.41. The fourth-order valence-corrected chi connectivity index (χ4v) is 2.15. The van der Waals surface area contributed by atoms with Crippen LogP contribution in [0.4, 0.5) is 24.5 Å². The number of carbonyl (C=O) groups excluding carboxylic acids is 1. The Bertz CT molecular complexity index is 674. The average Bonchev–Trinajstić information content (AvgIpc) is 2.48. The molecule has 2 N–H and O–H groups in total. The van der Waals surface area contributed by atoms with Gasteiger partial charge in [0, 0.05) is 11.4 Å². The molecule has 0 aliphatic heterocycles. The predicted octanol–water partition coefficient (Wildman–Crippen LogP) is 4.37. The van der Waals surface area contributed by atoms with Crippen molar-refractivity contribution in [2.45, 2.75) is 20.0 Å². The van der Waals surface area contributed by atoms with E-state index in [1.54, 1.807) is 0 Å². The topological polar surface area (TPSA) is 41.1 Å². The summed E-state index contributed by atoms with van der Waals surface area (Å²) in [5.74, 6) is -0.262. The van der Waals surface area contributed by atoms with Gasteiger partial charge in [-0.2, -0.15) is 13.2 Å². The summed E-state index contributed by atoms with van der Waals surface area (Å²) >= 11 is 0. The predicted molar refractivity (Wildman–Crippen MR) is 84.5 cm³/mol. The molecule has 0 bridgehead atoms. The summed E-state index contributed by atoms with van der Waals surface area (Å²) in [6.07, 6.45) is -4.36. The van der Waals surface area contributed by atoms with E-state index in [2.05, 4.69) is 10.6 Å². The van der Waals surface area contributed by atoms with Crippen LogP contribution in [0.1, 0.15) is 16.7 Å². The molecule has 0 saturated heterocycles. The molecule has 0 unspecified atom stereocenters. The lowest BCUT2D eigenvalue weighted by Crippen LogP contribution is -2.22. The van der Waals surface area contributed by atoms with Crippen LogP contribution < -0.4 is 10.6 Å². The Morgan fingerprint density at radius 2 is 1.57 bits per heavy atom. The lowest BCUT2D eigenvalue weighted by molar-refractivity contribution is -0.137. The van der Waals surface area contributed by atoms with E-state index >= 15 is 0 Å². The van der Waals surface area contributed by atoms with Gasteiger partial charge in [0.05, 0.1) is 12.1 Å². The summed E-state index contributed by atoms with van der Waals surface area (Å²) in [4.78, 5) is 12.0. The lowest BCUT2D eigenvalue weighted by Gasteiger charge is -2.13. The third-order valence-electron chi connectivity index (χ3n) is 3.41. The molecule has 0 aromatic heterocycles. The van der Waals surface area contributed by atoms with Crippen LogP contribution in [0.2, 0.25) is 0 Å². The quantitative estimate of drug-likeness (QED) is 0.877. The van der Waals surface area contributed by atoms with E-state index in [-0.39, 0.29) is 12.5 Å². The van der Waals surface area contributed by atoms with Gasteiger partial charge in [0.25, 0.3) is 0 Å². The molecule has 2 aromatic carbocycles. The molecule has 0 spiro atoms. The van der Waals surface area contributed by atoms with Crippen LogP contribution in [0.3, 0.4) is 0 Å². The van der Waals surface area contributed by atoms with Gasteiger partial charge in [-0.1, -0.05) is 18.2 Å². The minimum Gasteiger partial charge on any atom is -0.376 e. The molecule has 0 aliphatic carbocycles. The second-order valence-corrected chi connectivity index (χ2v) is 5.24. The number of benzene rings is 2. The fourth-order valence-electron chi connectivity index (χ4n) is 2.15. The van der Waals surface area contributed by atoms with E-state index in [9.17, 15) is 18.0 Å². The third kappa shape index (κ3) is 4.48. The maximum Gasteiger partial charge on any atom is 0.416 e. The minimum atomic E-state index is -4.36. The summed E-state index contributed by atoms with van der Waals surface area (Å²) in [6, 6.07) is 10.3. The Hall–Kier alpha value is -2.50. The highest BCUT2D eigenvalue weighted by molar-refractivity contribution is 5.95. The van der Waals surface area contributed by atoms with Crippen molar-refractivity contribution in [1.29, 1.82) is 0 Å². The van der Waals surface area contributed by atoms with Crippen molar-refractivity contribution in [1.82, 2.24) is 0 Å². The van der Waals surface area contributed by atoms with E-state index in [1.165, 1.54) is 12.1 Å². The number of rotatable bonds is 4. The Balaban J connectivity index is 1.94. The first-order chi connectivity index (χ1) is 10.8. The highest BCUT2D eigenvalue weighted by Gasteiger charge is 2.29. The van der Waals surface area contributed by atoms with Crippen LogP contribution in [0.25, 0.3) is 0 Å². The summed E-state index contributed by atoms with van der Waals surface area (Å²) in [6.45, 7) is 3.76. The van der Waals surface area contributed by atoms with Crippen LogP contribution >= 0.6 is 0 Å². The maximum atomic E-state index is 12.5. The van der Waals surface area contributed by atoms with Gasteiger partial charge in [-0.3, -0.25) is 4.79 Å². The van der Waals surface area contributed by atoms with Gasteiger partial charge < -0.3 is 10.6 Å². The smallest absolute Gasteiger partial charge is 0.376 e. The molecule has 122 valence electrons. The van der Waals surface area contributed by atoms with Crippen LogP contribution in [0.15, 0.2) is 42.5 Å². The SMILES string of the molecule is Cc1cccc(C)c1NC(=O)CNc1ccc(C(F)(F)F)cc1. The van der Waals surface area contributed by atoms with Gasteiger partial charge in [0.15, 0.2) is 0 Å². The number of anilines is 2. The Labute approximate surface area is 132 Å². The van der Waals surface area contributed by atoms with E-state index in [0.29, 0.717) is 5.69 Å². The van der Waals surface area contributed by atoms with Gasteiger partial charge >= 0.3 is 6.18 Å². The van der Waals surface area contributed by atoms with Gasteiger partial charge in [0.1, 0.15) is 0 Å². The summed E-state index contributed by atoms with van der Waals surface area (Å²) < 4.78 is 37.4. The van der Waals surface area contributed by atoms with E-state index in [4.69, 9.17) is 0 Å². The summed E-state index contributed by atoms with van der Waals surface area (Å²) in [5, 5.41) is 5.61. The molecule has 0 saturated carbocycles. The number of halogens is 3. The minimum absolute atomic E-state index is 0.0286. The van der Waals surface area contributed by atoms with Gasteiger partial charge in [-0.05, 0) is 49.2 Å². The monoisotopic (exact) mass is 322 g/mol. The molecule has 1 amide bonds. The molecule has 2 aromatic rings. The molecule has 2 rings (SSSR count). The number of aryl methyl sites for hydroxylation is 2. The first-order valence-electron chi connectivity index (χ1n) is 7.04. The Kier molecular flexibility index (Phi) is 4.93. The molecule has 0 radical (unpaired) electrons. The van der Waals surface area contributed by atoms with Crippen molar-refractivity contribution in [2.75, 3.05) is 17.2 Å². The van der Waals surface area contributed by atoms with Crippen LogP contribution in [-0.4, -0.2) is 12.5 Å². The number of nitrogens with one attached hydrogen (secondary N) is 2. The zero-order valence-electron chi connectivity index (χ0n) is 12.8. The molecular formula is C17H17F3N2O. The molecule has 23 heavy (non-hydrogen) atoms. The van der Waals surface area contributed by atoms with Gasteiger partial charge in [-0.15, -0.1) is 0 Å². The largest absolute Gasteiger partial charge is 0.416 e. The van der Waals surface area contributed by atoms with Gasteiger partial charge in [-0.25, -0.2) is 0 Å². The van der Waals surface area contributed by atoms with E-state index in [1.807, 2.05) is 32.0 Å². The maximum absolute atomic E-state index is 12.5. The van der Waals surface area contributed by atoms with E-state index < -0.39 is 11.7 Å². The number of para-hydroxylation sites is 1. The molecule has 0 fully saturated rings. The second kappa shape index (κ2) is 6.73. The second-order valence-electron chi connectivity index (χ2n) is 5.24. The standard InChI is InChI=1S/C17H17F3N2O/c1-11-4-3-5-12(2)16(11)22-15(23)10-21-14-8-6-13(7-9-14)17(18,19)20/h3-9,21H,10H2,1-2H3,(H,22,23). The Morgan fingerprint density at radius 1 is 1.00 bits per heavy atom. The molecule has 6 heteroatoms. The number of hydrogen-bond donors (Lipinski definition) is 2. The highest BCUT2D eigenvalue weighted by atomic mass is 19.4. The van der Waals surface area contributed by atoms with Crippen LogP contribution in [-0.2, 0) is 11.0 Å². The molecule has 0 atom stereocenters. The van der Waals surface area contributed by atoms with Crippen LogP contribution in [0, 0.1) is 13.8 Å². The molecule has 3 nitrogen and oxygen atoms in total. The molecule has 0 aliphatic rings. The van der Waals surface area contributed by atoms with Crippen molar-refractivity contribution in [3.63, 3.8) is 0 Å². The number of amides is 1.